The summed E-state index contributed by atoms with van der Waals surface area (Å²) in [4.78, 5) is 0. The number of hydrogen-bond donors (Lipinski definition) is 3. The predicted octanol–water partition coefficient (Wildman–Crippen LogP) is 0.984. The topological polar surface area (TPSA) is 44.3 Å². The molecule has 0 atom stereocenters. The fraction of sp³-hybridized carbons (Fsp3) is 1.00. The van der Waals surface area contributed by atoms with Gasteiger partial charge in [-0.05, 0) is 32.5 Å². The molecular formula is C10H26N2O. The van der Waals surface area contributed by atoms with Gasteiger partial charge in [-0.15, -0.1) is 0 Å². The van der Waals surface area contributed by atoms with Gasteiger partial charge in [-0.2, -0.15) is 0 Å². The largest absolute Gasteiger partial charge is 0.395 e. The van der Waals surface area contributed by atoms with E-state index < -0.39 is 0 Å². The lowest BCUT2D eigenvalue weighted by Gasteiger charge is -2.04. The third-order valence-electron chi connectivity index (χ3n) is 1.70. The summed E-state index contributed by atoms with van der Waals surface area (Å²) >= 11 is 0. The predicted molar refractivity (Wildman–Crippen MR) is 59.1 cm³/mol. The summed E-state index contributed by atoms with van der Waals surface area (Å²) < 4.78 is 0. The van der Waals surface area contributed by atoms with E-state index in [4.69, 9.17) is 5.11 Å². The summed E-state index contributed by atoms with van der Waals surface area (Å²) in [5, 5.41) is 15.0. The molecule has 0 aromatic carbocycles. The van der Waals surface area contributed by atoms with Gasteiger partial charge in [-0.3, -0.25) is 0 Å². The Balaban J connectivity index is 0. The molecule has 3 heteroatoms. The zero-order valence-electron chi connectivity index (χ0n) is 8.10. The van der Waals surface area contributed by atoms with Crippen LogP contribution in [0.2, 0.25) is 0 Å². The Morgan fingerprint density at radius 1 is 0.923 bits per heavy atom. The molecule has 3 nitrogen and oxygen atoms in total. The third kappa shape index (κ3) is 14.7. The number of unbranched alkanes of at least 4 members (excludes halogenated alkanes) is 1. The fourth-order valence-corrected chi connectivity index (χ4v) is 0.969. The molecule has 0 aliphatic heterocycles. The first kappa shape index (κ1) is 15.4. The number of hydrogen-bond acceptors (Lipinski definition) is 3. The lowest BCUT2D eigenvalue weighted by atomic mass is 10.3. The third-order valence-corrected chi connectivity index (χ3v) is 1.70. The molecule has 3 N–H and O–H groups in total. The molecule has 0 bridgehead atoms. The zero-order valence-corrected chi connectivity index (χ0v) is 8.10. The number of aliphatic hydroxyl groups is 1. The molecular weight excluding hydrogens is 164 g/mol. The molecule has 0 saturated heterocycles. The van der Waals surface area contributed by atoms with Gasteiger partial charge < -0.3 is 15.7 Å². The van der Waals surface area contributed by atoms with Crippen molar-refractivity contribution in [2.45, 2.75) is 33.6 Å². The fourth-order valence-electron chi connectivity index (χ4n) is 0.969. The van der Waals surface area contributed by atoms with Crippen molar-refractivity contribution >= 4 is 0 Å². The standard InChI is InChI=1S/C9H22N2O.CH4/c1-2-3-5-10-6-4-7-11-8-9-12;/h10-12H,2-9H2,1H3;1H4. The lowest BCUT2D eigenvalue weighted by Crippen LogP contribution is -2.24. The summed E-state index contributed by atoms with van der Waals surface area (Å²) in [7, 11) is 0. The van der Waals surface area contributed by atoms with Crippen LogP contribution in [0.3, 0.4) is 0 Å². The Labute approximate surface area is 82.9 Å². The van der Waals surface area contributed by atoms with Crippen LogP contribution < -0.4 is 10.6 Å². The normalized spacial score (nSPS) is 9.69. The Kier molecular flexibility index (Phi) is 17.0. The van der Waals surface area contributed by atoms with Crippen molar-refractivity contribution in [3.63, 3.8) is 0 Å². The van der Waals surface area contributed by atoms with E-state index in [0.29, 0.717) is 0 Å². The number of nitrogens with one attached hydrogen (secondary N) is 2. The molecule has 0 aliphatic carbocycles. The van der Waals surface area contributed by atoms with Crippen LogP contribution in [0.5, 0.6) is 0 Å². The van der Waals surface area contributed by atoms with Crippen LogP contribution in [0.25, 0.3) is 0 Å². The van der Waals surface area contributed by atoms with E-state index in [2.05, 4.69) is 17.6 Å². The van der Waals surface area contributed by atoms with Gasteiger partial charge in [0.25, 0.3) is 0 Å². The van der Waals surface area contributed by atoms with Gasteiger partial charge >= 0.3 is 0 Å². The van der Waals surface area contributed by atoms with Crippen molar-refractivity contribution in [1.29, 1.82) is 0 Å². The van der Waals surface area contributed by atoms with Crippen molar-refractivity contribution < 1.29 is 5.11 Å². The van der Waals surface area contributed by atoms with Crippen molar-refractivity contribution in [2.24, 2.45) is 0 Å². The molecule has 0 spiro atoms. The molecule has 0 aromatic rings. The number of aliphatic hydroxyl groups excluding tert-OH is 1. The van der Waals surface area contributed by atoms with E-state index in [1.165, 1.54) is 12.8 Å². The first-order valence-electron chi connectivity index (χ1n) is 4.94. The van der Waals surface area contributed by atoms with E-state index in [1.807, 2.05) is 0 Å². The van der Waals surface area contributed by atoms with Gasteiger partial charge in [-0.1, -0.05) is 20.8 Å². The van der Waals surface area contributed by atoms with E-state index in [1.54, 1.807) is 0 Å². The maximum atomic E-state index is 8.46. The molecule has 0 saturated carbocycles. The van der Waals surface area contributed by atoms with E-state index in [0.717, 1.165) is 32.6 Å². The molecule has 0 amide bonds. The van der Waals surface area contributed by atoms with E-state index >= 15 is 0 Å². The molecule has 0 radical (unpaired) electrons. The van der Waals surface area contributed by atoms with Gasteiger partial charge in [0.05, 0.1) is 6.61 Å². The molecule has 0 rings (SSSR count). The molecule has 0 unspecified atom stereocenters. The molecule has 0 aromatic heterocycles. The minimum atomic E-state index is 0. The Morgan fingerprint density at radius 2 is 1.46 bits per heavy atom. The summed E-state index contributed by atoms with van der Waals surface area (Å²) in [6, 6.07) is 0. The summed E-state index contributed by atoms with van der Waals surface area (Å²) in [5.74, 6) is 0. The van der Waals surface area contributed by atoms with Crippen molar-refractivity contribution in [3.8, 4) is 0 Å². The molecule has 0 aliphatic rings. The minimum Gasteiger partial charge on any atom is -0.395 e. The highest BCUT2D eigenvalue weighted by atomic mass is 16.3. The first-order chi connectivity index (χ1) is 5.91. The van der Waals surface area contributed by atoms with Gasteiger partial charge in [-0.25, -0.2) is 0 Å². The van der Waals surface area contributed by atoms with Crippen molar-refractivity contribution in [3.05, 3.63) is 0 Å². The highest BCUT2D eigenvalue weighted by Gasteiger charge is 1.87. The lowest BCUT2D eigenvalue weighted by molar-refractivity contribution is 0.292. The second kappa shape index (κ2) is 14.4. The molecule has 13 heavy (non-hydrogen) atoms. The first-order valence-corrected chi connectivity index (χ1v) is 4.94. The zero-order chi connectivity index (χ0) is 9.07. The Morgan fingerprint density at radius 3 is 2.00 bits per heavy atom. The average Bonchev–Trinajstić information content (AvgIpc) is 2.10. The number of rotatable bonds is 9. The minimum absolute atomic E-state index is 0. The maximum Gasteiger partial charge on any atom is 0.0555 e. The Hall–Kier alpha value is -0.120. The smallest absolute Gasteiger partial charge is 0.0555 e. The van der Waals surface area contributed by atoms with Crippen molar-refractivity contribution in [2.75, 3.05) is 32.8 Å². The van der Waals surface area contributed by atoms with Crippen LogP contribution in [0.15, 0.2) is 0 Å². The van der Waals surface area contributed by atoms with E-state index in [-0.39, 0.29) is 14.0 Å². The van der Waals surface area contributed by atoms with Gasteiger partial charge in [0.15, 0.2) is 0 Å². The van der Waals surface area contributed by atoms with Crippen LogP contribution in [0, 0.1) is 0 Å². The maximum absolute atomic E-state index is 8.46. The van der Waals surface area contributed by atoms with Crippen LogP contribution >= 0.6 is 0 Å². The molecule has 0 heterocycles. The highest BCUT2D eigenvalue weighted by molar-refractivity contribution is 4.50. The second-order valence-corrected chi connectivity index (χ2v) is 2.93. The van der Waals surface area contributed by atoms with Crippen LogP contribution in [0.4, 0.5) is 0 Å². The summed E-state index contributed by atoms with van der Waals surface area (Å²) in [6.07, 6.45) is 3.67. The van der Waals surface area contributed by atoms with Gasteiger partial charge in [0.2, 0.25) is 0 Å². The quantitative estimate of drug-likeness (QED) is 0.475. The second-order valence-electron chi connectivity index (χ2n) is 2.93. The van der Waals surface area contributed by atoms with Gasteiger partial charge in [0.1, 0.15) is 0 Å². The highest BCUT2D eigenvalue weighted by Crippen LogP contribution is 1.82. The summed E-state index contributed by atoms with van der Waals surface area (Å²) in [6.45, 7) is 6.37. The Bertz CT molecular complexity index is 69.3. The van der Waals surface area contributed by atoms with Crippen LogP contribution in [-0.4, -0.2) is 37.9 Å². The van der Waals surface area contributed by atoms with Gasteiger partial charge in [0, 0.05) is 6.54 Å². The molecule has 82 valence electrons. The van der Waals surface area contributed by atoms with Crippen molar-refractivity contribution in [1.82, 2.24) is 10.6 Å². The van der Waals surface area contributed by atoms with Crippen LogP contribution in [-0.2, 0) is 0 Å². The average molecular weight is 190 g/mol. The summed E-state index contributed by atoms with van der Waals surface area (Å²) in [5.41, 5.74) is 0. The monoisotopic (exact) mass is 190 g/mol. The molecule has 0 fully saturated rings. The van der Waals surface area contributed by atoms with E-state index in [9.17, 15) is 0 Å². The SMILES string of the molecule is C.CCCCNCCCNCCO. The van der Waals surface area contributed by atoms with Crippen LogP contribution in [0.1, 0.15) is 33.6 Å².